The number of methoxy groups -OCH3 is 1. The number of esters is 3. The van der Waals surface area contributed by atoms with Crippen LogP contribution in [0.5, 0.6) is 0 Å². The summed E-state index contributed by atoms with van der Waals surface area (Å²) in [5, 5.41) is 33.6. The molecule has 0 aliphatic carbocycles. The molecular weight excluding hydrogens is 664 g/mol. The molecular formula is C38H60O13. The largest absolute Gasteiger partial charge is 0.466 e. The molecule has 0 saturated carbocycles. The van der Waals surface area contributed by atoms with E-state index in [1.807, 2.05) is 0 Å². The summed E-state index contributed by atoms with van der Waals surface area (Å²) in [6.07, 6.45) is 7.50. The van der Waals surface area contributed by atoms with Crippen LogP contribution < -0.4 is 0 Å². The van der Waals surface area contributed by atoms with Gasteiger partial charge in [-0.25, -0.2) is 4.79 Å². The van der Waals surface area contributed by atoms with Gasteiger partial charge in [0, 0.05) is 30.8 Å². The molecule has 4 aliphatic heterocycles. The second kappa shape index (κ2) is 19.6. The first-order valence-corrected chi connectivity index (χ1v) is 18.8. The smallest absolute Gasteiger partial charge is 0.330 e. The summed E-state index contributed by atoms with van der Waals surface area (Å²) in [6, 6.07) is 0. The molecule has 13 heteroatoms. The summed E-state index contributed by atoms with van der Waals surface area (Å²) in [4.78, 5) is 38.9. The maximum absolute atomic E-state index is 13.3. The number of cyclic esters (lactones) is 1. The zero-order chi connectivity index (χ0) is 37.0. The molecule has 290 valence electrons. The minimum atomic E-state index is -2.25. The summed E-state index contributed by atoms with van der Waals surface area (Å²) in [6.45, 7) is 5.42. The van der Waals surface area contributed by atoms with Crippen molar-refractivity contribution in [2.24, 2.45) is 5.41 Å². The second-order valence-electron chi connectivity index (χ2n) is 15.0. The number of hydrogen-bond donors (Lipinski definition) is 3. The molecule has 4 heterocycles. The number of unbranched alkanes of at least 4 members (excludes halogenated alkanes) is 4. The van der Waals surface area contributed by atoms with E-state index < -0.39 is 66.4 Å². The van der Waals surface area contributed by atoms with Gasteiger partial charge in [0.1, 0.15) is 6.10 Å². The molecule has 0 radical (unpaired) electrons. The summed E-state index contributed by atoms with van der Waals surface area (Å²) in [7, 11) is 1.22. The van der Waals surface area contributed by atoms with Gasteiger partial charge < -0.3 is 48.5 Å². The zero-order valence-corrected chi connectivity index (χ0v) is 30.8. The standard InChI is InChI=1S/C38H60O13/c1-5-6-7-8-9-13-32(41)50-36-25(19-33(42)45-4)18-30-23-31(24-39)48-34(43)21-26(40)20-27-11-10-12-28(47-27)22-29-15-17-46-35(49-29)14-16-37(2,3)38(36,44)51-30/h14,16,19,26-31,35-36,39-40,44H,5-13,15,17-18,20-24H2,1-4H3/b16-14-,25-19+/t26-,27+,28-,29+,30+,31-,35+,36+,38-/m1/s1. The van der Waals surface area contributed by atoms with Crippen molar-refractivity contribution in [3.05, 3.63) is 23.8 Å². The minimum Gasteiger partial charge on any atom is -0.466 e. The van der Waals surface area contributed by atoms with Crippen LogP contribution in [0.25, 0.3) is 0 Å². The molecule has 13 nitrogen and oxygen atoms in total. The second-order valence-corrected chi connectivity index (χ2v) is 15.0. The van der Waals surface area contributed by atoms with Crippen LogP contribution in [0.4, 0.5) is 0 Å². The molecule has 0 aromatic heterocycles. The first kappa shape index (κ1) is 41.4. The minimum absolute atomic E-state index is 0.000953. The number of hydrogen-bond acceptors (Lipinski definition) is 13. The first-order valence-electron chi connectivity index (χ1n) is 18.8. The van der Waals surface area contributed by atoms with Gasteiger partial charge in [0.2, 0.25) is 5.79 Å². The highest BCUT2D eigenvalue weighted by Crippen LogP contribution is 2.47. The molecule has 0 spiro atoms. The van der Waals surface area contributed by atoms with E-state index in [4.69, 9.17) is 33.2 Å². The fourth-order valence-electron chi connectivity index (χ4n) is 7.38. The molecule has 0 aromatic carbocycles. The van der Waals surface area contributed by atoms with Crippen molar-refractivity contribution >= 4 is 17.9 Å². The van der Waals surface area contributed by atoms with Gasteiger partial charge in [-0.1, -0.05) is 52.5 Å². The van der Waals surface area contributed by atoms with Gasteiger partial charge in [0.25, 0.3) is 0 Å². The molecule has 3 N–H and O–H groups in total. The molecule has 4 rings (SSSR count). The van der Waals surface area contributed by atoms with E-state index in [-0.39, 0.29) is 56.0 Å². The van der Waals surface area contributed by atoms with E-state index in [0.717, 1.165) is 44.9 Å². The molecule has 3 fully saturated rings. The van der Waals surface area contributed by atoms with Crippen molar-refractivity contribution in [3.63, 3.8) is 0 Å². The van der Waals surface area contributed by atoms with Crippen LogP contribution in [0.2, 0.25) is 0 Å². The van der Waals surface area contributed by atoms with E-state index in [1.165, 1.54) is 13.2 Å². The lowest BCUT2D eigenvalue weighted by Gasteiger charge is -2.51. The molecule has 3 saturated heterocycles. The van der Waals surface area contributed by atoms with Gasteiger partial charge in [-0.15, -0.1) is 0 Å². The number of aliphatic hydroxyl groups excluding tert-OH is 2. The lowest BCUT2D eigenvalue weighted by molar-refractivity contribution is -0.327. The lowest BCUT2D eigenvalue weighted by atomic mass is 9.74. The van der Waals surface area contributed by atoms with Crippen LogP contribution in [0.1, 0.15) is 117 Å². The quantitative estimate of drug-likeness (QED) is 0.101. The summed E-state index contributed by atoms with van der Waals surface area (Å²) >= 11 is 0. The van der Waals surface area contributed by atoms with Crippen LogP contribution >= 0.6 is 0 Å². The highest BCUT2D eigenvalue weighted by atomic mass is 16.7. The van der Waals surface area contributed by atoms with Crippen LogP contribution in [0.3, 0.4) is 0 Å². The van der Waals surface area contributed by atoms with Gasteiger partial charge in [0.05, 0.1) is 57.3 Å². The van der Waals surface area contributed by atoms with E-state index in [2.05, 4.69) is 6.92 Å². The van der Waals surface area contributed by atoms with E-state index in [1.54, 1.807) is 26.0 Å². The number of carbonyl (C=O) groups excluding carboxylic acids is 3. The fraction of sp³-hybridized carbons (Fsp3) is 0.816. The SMILES string of the molecule is CCCCCCCC(=O)O[C@H]1/C(=C/C(=O)OC)C[C@H]2C[C@H](CO)OC(=O)C[C@H](O)C[C@@H]3CCC[C@H](C[C@@H]4CCO[C@H](/C=C\C(C)(C)[C@]1(O)O2)O4)O3. The van der Waals surface area contributed by atoms with Crippen molar-refractivity contribution < 1.29 is 62.9 Å². The molecule has 0 unspecified atom stereocenters. The van der Waals surface area contributed by atoms with Crippen molar-refractivity contribution in [1.29, 1.82) is 0 Å². The Morgan fingerprint density at radius 3 is 2.43 bits per heavy atom. The summed E-state index contributed by atoms with van der Waals surface area (Å²) < 4.78 is 41.4. The van der Waals surface area contributed by atoms with Crippen molar-refractivity contribution in [2.45, 2.75) is 172 Å². The number of aliphatic hydroxyl groups is 3. The van der Waals surface area contributed by atoms with Gasteiger partial charge in [-0.2, -0.15) is 0 Å². The number of fused-ring (bicyclic) bond motifs is 6. The van der Waals surface area contributed by atoms with Gasteiger partial charge in [0.15, 0.2) is 12.4 Å². The predicted molar refractivity (Wildman–Crippen MR) is 184 cm³/mol. The molecule has 9 atom stereocenters. The van der Waals surface area contributed by atoms with Crippen molar-refractivity contribution in [3.8, 4) is 0 Å². The van der Waals surface area contributed by atoms with Crippen LogP contribution in [-0.2, 0) is 47.5 Å². The molecule has 4 aliphatic rings. The lowest BCUT2D eigenvalue weighted by Crippen LogP contribution is -2.62. The third-order valence-electron chi connectivity index (χ3n) is 10.3. The third-order valence-corrected chi connectivity index (χ3v) is 10.3. The third kappa shape index (κ3) is 12.1. The maximum atomic E-state index is 13.3. The average Bonchev–Trinajstić information content (AvgIpc) is 3.08. The predicted octanol–water partition coefficient (Wildman–Crippen LogP) is 4.33. The van der Waals surface area contributed by atoms with E-state index in [9.17, 15) is 29.7 Å². The van der Waals surface area contributed by atoms with Crippen LogP contribution in [0, 0.1) is 5.41 Å². The molecule has 51 heavy (non-hydrogen) atoms. The highest BCUT2D eigenvalue weighted by Gasteiger charge is 2.57. The number of ether oxygens (including phenoxy) is 7. The number of carbonyl (C=O) groups is 3. The fourth-order valence-corrected chi connectivity index (χ4v) is 7.38. The normalized spacial score (nSPS) is 36.4. The Bertz CT molecular complexity index is 1200. The average molecular weight is 725 g/mol. The molecule has 0 amide bonds. The molecule has 6 bridgehead atoms. The monoisotopic (exact) mass is 724 g/mol. The van der Waals surface area contributed by atoms with Gasteiger partial charge >= 0.3 is 17.9 Å². The highest BCUT2D eigenvalue weighted by molar-refractivity contribution is 5.83. The van der Waals surface area contributed by atoms with Crippen molar-refractivity contribution in [1.82, 2.24) is 0 Å². The Hall–Kier alpha value is -2.39. The van der Waals surface area contributed by atoms with Crippen LogP contribution in [-0.4, -0.2) is 108 Å². The zero-order valence-electron chi connectivity index (χ0n) is 30.8. The Balaban J connectivity index is 1.68. The topological polar surface area (TPSA) is 177 Å². The first-order chi connectivity index (χ1) is 24.3. The Morgan fingerprint density at radius 1 is 0.980 bits per heavy atom. The van der Waals surface area contributed by atoms with Gasteiger partial charge in [-0.3, -0.25) is 9.59 Å². The summed E-state index contributed by atoms with van der Waals surface area (Å²) in [5.41, 5.74) is -1.04. The summed E-state index contributed by atoms with van der Waals surface area (Å²) in [5.74, 6) is -4.21. The van der Waals surface area contributed by atoms with E-state index >= 15 is 0 Å². The Kier molecular flexibility index (Phi) is 15.9. The van der Waals surface area contributed by atoms with Crippen LogP contribution in [0.15, 0.2) is 23.8 Å². The number of rotatable bonds is 9. The van der Waals surface area contributed by atoms with Gasteiger partial charge in [-0.05, 0) is 56.6 Å². The Morgan fingerprint density at radius 2 is 1.71 bits per heavy atom. The van der Waals surface area contributed by atoms with Crippen molar-refractivity contribution in [2.75, 3.05) is 20.3 Å². The maximum Gasteiger partial charge on any atom is 0.330 e. The molecule has 0 aromatic rings. The Labute approximate surface area is 302 Å². The van der Waals surface area contributed by atoms with E-state index in [0.29, 0.717) is 25.9 Å².